The number of carbonyl (C=O) groups excluding carboxylic acids is 2. The summed E-state index contributed by atoms with van der Waals surface area (Å²) < 4.78 is 4.95. The highest BCUT2D eigenvalue weighted by Crippen LogP contribution is 2.28. The van der Waals surface area contributed by atoms with Gasteiger partial charge in [0.2, 0.25) is 0 Å². The Morgan fingerprint density at radius 1 is 1.05 bits per heavy atom. The monoisotopic (exact) mass is 302 g/mol. The predicted octanol–water partition coefficient (Wildman–Crippen LogP) is 4.30. The van der Waals surface area contributed by atoms with Crippen LogP contribution in [-0.4, -0.2) is 18.4 Å². The van der Waals surface area contributed by atoms with Crippen molar-refractivity contribution in [2.75, 3.05) is 6.61 Å². The highest BCUT2D eigenvalue weighted by Gasteiger charge is 2.22. The van der Waals surface area contributed by atoms with Crippen molar-refractivity contribution in [3.05, 3.63) is 57.8 Å². The summed E-state index contributed by atoms with van der Waals surface area (Å²) in [6, 6.07) is 13.1. The van der Waals surface area contributed by atoms with Gasteiger partial charge in [0.05, 0.1) is 11.5 Å². The van der Waals surface area contributed by atoms with E-state index in [0.29, 0.717) is 16.4 Å². The Morgan fingerprint density at radius 3 is 2.33 bits per heavy atom. The van der Waals surface area contributed by atoms with E-state index in [4.69, 9.17) is 4.74 Å². The van der Waals surface area contributed by atoms with E-state index in [2.05, 4.69) is 0 Å². The maximum atomic E-state index is 12.6. The number of Topliss-reactive ketones (excluding diaryl/α,β-unsaturated/α-hetero) is 1. The summed E-state index contributed by atoms with van der Waals surface area (Å²) in [5.74, 6) is -0.474. The molecular formula is C17H18O3S. The lowest BCUT2D eigenvalue weighted by atomic mass is 9.91. The molecule has 2 rings (SSSR count). The molecule has 1 aromatic carbocycles. The minimum absolute atomic E-state index is 0.0595. The molecule has 2 aromatic rings. The molecule has 0 aliphatic rings. The van der Waals surface area contributed by atoms with E-state index in [-0.39, 0.29) is 17.7 Å². The number of hydrogen-bond acceptors (Lipinski definition) is 4. The van der Waals surface area contributed by atoms with Crippen LogP contribution in [0.15, 0.2) is 42.5 Å². The highest BCUT2D eigenvalue weighted by molar-refractivity contribution is 7.15. The molecule has 0 N–H and O–H groups in total. The molecule has 1 unspecified atom stereocenters. The molecule has 1 aromatic heterocycles. The molecule has 0 saturated heterocycles. The van der Waals surface area contributed by atoms with E-state index in [0.717, 1.165) is 12.0 Å². The summed E-state index contributed by atoms with van der Waals surface area (Å²) in [5.41, 5.74) is 1.01. The first-order valence-electron chi connectivity index (χ1n) is 7.03. The summed E-state index contributed by atoms with van der Waals surface area (Å²) in [7, 11) is 0. The summed E-state index contributed by atoms with van der Waals surface area (Å²) in [5, 5.41) is 0. The average molecular weight is 302 g/mol. The molecule has 0 amide bonds. The van der Waals surface area contributed by atoms with E-state index in [9.17, 15) is 9.59 Å². The second kappa shape index (κ2) is 7.18. The van der Waals surface area contributed by atoms with Crippen LogP contribution in [-0.2, 0) is 4.74 Å². The van der Waals surface area contributed by atoms with Gasteiger partial charge in [-0.3, -0.25) is 4.79 Å². The standard InChI is InChI=1S/C17H18O3S/c1-3-13(12-8-6-5-7-9-12)16(18)14-10-11-15(21-14)17(19)20-4-2/h5-11,13H,3-4H2,1-2H3. The predicted molar refractivity (Wildman–Crippen MR) is 84.1 cm³/mol. The van der Waals surface area contributed by atoms with Gasteiger partial charge in [-0.1, -0.05) is 37.3 Å². The molecule has 0 fully saturated rings. The number of rotatable bonds is 6. The average Bonchev–Trinajstić information content (AvgIpc) is 2.99. The van der Waals surface area contributed by atoms with Gasteiger partial charge < -0.3 is 4.74 Å². The largest absolute Gasteiger partial charge is 0.462 e. The molecule has 21 heavy (non-hydrogen) atoms. The van der Waals surface area contributed by atoms with Crippen LogP contribution in [0.4, 0.5) is 0 Å². The van der Waals surface area contributed by atoms with E-state index in [1.54, 1.807) is 19.1 Å². The highest BCUT2D eigenvalue weighted by atomic mass is 32.1. The third-order valence-electron chi connectivity index (χ3n) is 3.25. The molecule has 0 bridgehead atoms. The van der Waals surface area contributed by atoms with Crippen LogP contribution in [0.25, 0.3) is 0 Å². The van der Waals surface area contributed by atoms with Gasteiger partial charge in [-0.15, -0.1) is 11.3 Å². The fourth-order valence-electron chi connectivity index (χ4n) is 2.21. The first-order valence-corrected chi connectivity index (χ1v) is 7.85. The molecule has 110 valence electrons. The van der Waals surface area contributed by atoms with Gasteiger partial charge in [-0.05, 0) is 31.0 Å². The molecule has 0 spiro atoms. The molecule has 4 heteroatoms. The lowest BCUT2D eigenvalue weighted by Crippen LogP contribution is -2.10. The van der Waals surface area contributed by atoms with Crippen molar-refractivity contribution in [3.8, 4) is 0 Å². The van der Waals surface area contributed by atoms with Crippen LogP contribution in [0.5, 0.6) is 0 Å². The third-order valence-corrected chi connectivity index (χ3v) is 4.33. The van der Waals surface area contributed by atoms with E-state index in [1.807, 2.05) is 37.3 Å². The van der Waals surface area contributed by atoms with Crippen molar-refractivity contribution in [1.82, 2.24) is 0 Å². The van der Waals surface area contributed by atoms with Gasteiger partial charge in [0.25, 0.3) is 0 Å². The SMILES string of the molecule is CCOC(=O)c1ccc(C(=O)C(CC)c2ccccc2)s1. The number of ether oxygens (including phenoxy) is 1. The zero-order valence-electron chi connectivity index (χ0n) is 12.2. The number of benzene rings is 1. The van der Waals surface area contributed by atoms with Crippen LogP contribution in [0, 0.1) is 0 Å². The second-order valence-corrected chi connectivity index (χ2v) is 5.70. The van der Waals surface area contributed by atoms with Crippen molar-refractivity contribution in [2.45, 2.75) is 26.2 Å². The molecule has 0 aliphatic carbocycles. The zero-order chi connectivity index (χ0) is 15.2. The van der Waals surface area contributed by atoms with Crippen molar-refractivity contribution < 1.29 is 14.3 Å². The van der Waals surface area contributed by atoms with Crippen molar-refractivity contribution in [3.63, 3.8) is 0 Å². The van der Waals surface area contributed by atoms with Gasteiger partial charge in [0.15, 0.2) is 5.78 Å². The van der Waals surface area contributed by atoms with Gasteiger partial charge in [-0.25, -0.2) is 4.79 Å². The lowest BCUT2D eigenvalue weighted by Gasteiger charge is -2.12. The maximum absolute atomic E-state index is 12.6. The first-order chi connectivity index (χ1) is 10.2. The van der Waals surface area contributed by atoms with Gasteiger partial charge >= 0.3 is 5.97 Å². The van der Waals surface area contributed by atoms with E-state index in [1.165, 1.54) is 11.3 Å². The Morgan fingerprint density at radius 2 is 1.71 bits per heavy atom. The molecule has 1 heterocycles. The Bertz CT molecular complexity index is 616. The number of carbonyl (C=O) groups is 2. The minimum Gasteiger partial charge on any atom is -0.462 e. The summed E-state index contributed by atoms with van der Waals surface area (Å²) in [4.78, 5) is 25.4. The fourth-order valence-corrected chi connectivity index (χ4v) is 3.11. The molecule has 0 saturated carbocycles. The third kappa shape index (κ3) is 3.58. The molecule has 0 aliphatic heterocycles. The first kappa shape index (κ1) is 15.4. The fraction of sp³-hybridized carbons (Fsp3) is 0.294. The molecule has 0 radical (unpaired) electrons. The molecule has 1 atom stereocenters. The lowest BCUT2D eigenvalue weighted by molar-refractivity contribution is 0.0532. The minimum atomic E-state index is -0.366. The van der Waals surface area contributed by atoms with Crippen molar-refractivity contribution in [2.24, 2.45) is 0 Å². The number of ketones is 1. The topological polar surface area (TPSA) is 43.4 Å². The molecular weight excluding hydrogens is 284 g/mol. The number of thiophene rings is 1. The Labute approximate surface area is 128 Å². The number of esters is 1. The Balaban J connectivity index is 2.21. The van der Waals surface area contributed by atoms with Gasteiger partial charge in [-0.2, -0.15) is 0 Å². The van der Waals surface area contributed by atoms with Crippen LogP contribution in [0.1, 0.15) is 51.1 Å². The summed E-state index contributed by atoms with van der Waals surface area (Å²) in [6.45, 7) is 4.09. The molecule has 3 nitrogen and oxygen atoms in total. The smallest absolute Gasteiger partial charge is 0.348 e. The van der Waals surface area contributed by atoms with Crippen LogP contribution >= 0.6 is 11.3 Å². The Hall–Kier alpha value is -1.94. The second-order valence-electron chi connectivity index (χ2n) is 4.62. The quantitative estimate of drug-likeness (QED) is 0.590. The van der Waals surface area contributed by atoms with Crippen molar-refractivity contribution >= 4 is 23.1 Å². The zero-order valence-corrected chi connectivity index (χ0v) is 13.0. The van der Waals surface area contributed by atoms with Crippen molar-refractivity contribution in [1.29, 1.82) is 0 Å². The number of hydrogen-bond donors (Lipinski definition) is 0. The maximum Gasteiger partial charge on any atom is 0.348 e. The Kier molecular flexibility index (Phi) is 5.28. The van der Waals surface area contributed by atoms with Gasteiger partial charge in [0.1, 0.15) is 4.88 Å². The van der Waals surface area contributed by atoms with E-state index < -0.39 is 0 Å². The van der Waals surface area contributed by atoms with Crippen LogP contribution in [0.3, 0.4) is 0 Å². The van der Waals surface area contributed by atoms with Crippen LogP contribution < -0.4 is 0 Å². The van der Waals surface area contributed by atoms with E-state index >= 15 is 0 Å². The summed E-state index contributed by atoms with van der Waals surface area (Å²) >= 11 is 1.20. The van der Waals surface area contributed by atoms with Gasteiger partial charge in [0, 0.05) is 5.92 Å². The summed E-state index contributed by atoms with van der Waals surface area (Å²) in [6.07, 6.45) is 0.732. The van der Waals surface area contributed by atoms with Crippen LogP contribution in [0.2, 0.25) is 0 Å². The normalized spacial score (nSPS) is 11.9.